The van der Waals surface area contributed by atoms with Gasteiger partial charge in [-0.1, -0.05) is 12.1 Å². The highest BCUT2D eigenvalue weighted by molar-refractivity contribution is 7.19. The molecule has 0 radical (unpaired) electrons. The summed E-state index contributed by atoms with van der Waals surface area (Å²) < 4.78 is 6.52. The van der Waals surface area contributed by atoms with Crippen LogP contribution in [-0.2, 0) is 11.3 Å². The van der Waals surface area contributed by atoms with Gasteiger partial charge < -0.3 is 26.5 Å². The molecule has 0 unspecified atom stereocenters. The highest BCUT2D eigenvalue weighted by atomic mass is 32.1. The van der Waals surface area contributed by atoms with Gasteiger partial charge in [-0.2, -0.15) is 0 Å². The van der Waals surface area contributed by atoms with Gasteiger partial charge >= 0.3 is 0 Å². The summed E-state index contributed by atoms with van der Waals surface area (Å²) in [5, 5.41) is 7.72. The van der Waals surface area contributed by atoms with E-state index in [1.54, 1.807) is 17.4 Å². The van der Waals surface area contributed by atoms with Crippen molar-refractivity contribution in [1.82, 2.24) is 9.97 Å². The minimum atomic E-state index is 0.475. The topological polar surface area (TPSA) is 114 Å². The Bertz CT molecular complexity index is 964. The van der Waals surface area contributed by atoms with Crippen LogP contribution in [0.4, 0.5) is 11.5 Å². The smallest absolute Gasteiger partial charge is 0.162 e. The number of hydrogen-bond acceptors (Lipinski definition) is 8. The number of nitrogens with two attached hydrogens (primary N) is 2. The van der Waals surface area contributed by atoms with Gasteiger partial charge in [0.2, 0.25) is 0 Å². The minimum absolute atomic E-state index is 0.475. The second-order valence-electron chi connectivity index (χ2n) is 6.05. The van der Waals surface area contributed by atoms with E-state index in [0.29, 0.717) is 36.8 Å². The first kappa shape index (κ1) is 16.9. The molecule has 3 aromatic rings. The SMILES string of the molecule is N=Cc1c(N)cccc1-c1nc(N2CCOCC2)c2sc(CN)cc2n1. The Morgan fingerprint density at radius 1 is 1.27 bits per heavy atom. The summed E-state index contributed by atoms with van der Waals surface area (Å²) in [7, 11) is 0. The molecule has 0 spiro atoms. The van der Waals surface area contributed by atoms with Crippen LogP contribution in [0.5, 0.6) is 0 Å². The van der Waals surface area contributed by atoms with Gasteiger partial charge in [0.05, 0.1) is 23.4 Å². The molecule has 2 aromatic heterocycles. The van der Waals surface area contributed by atoms with Crippen molar-refractivity contribution in [3.05, 3.63) is 34.7 Å². The average Bonchev–Trinajstić information content (AvgIpc) is 3.11. The predicted octanol–water partition coefficient (Wildman–Crippen LogP) is 2.23. The van der Waals surface area contributed by atoms with Crippen LogP contribution in [-0.4, -0.2) is 42.5 Å². The van der Waals surface area contributed by atoms with Gasteiger partial charge in [-0.15, -0.1) is 11.3 Å². The quantitative estimate of drug-likeness (QED) is 0.481. The first-order valence-corrected chi connectivity index (χ1v) is 9.25. The normalized spacial score (nSPS) is 14.7. The van der Waals surface area contributed by atoms with Crippen LogP contribution >= 0.6 is 11.3 Å². The van der Waals surface area contributed by atoms with Gasteiger partial charge in [0.1, 0.15) is 0 Å². The van der Waals surface area contributed by atoms with Crippen molar-refractivity contribution in [3.63, 3.8) is 0 Å². The van der Waals surface area contributed by atoms with Gasteiger partial charge in [-0.3, -0.25) is 0 Å². The molecule has 1 saturated heterocycles. The maximum atomic E-state index is 7.72. The Morgan fingerprint density at radius 2 is 2.08 bits per heavy atom. The standard InChI is InChI=1S/C18H20N6OS/c19-9-11-8-15-16(26-11)18(24-4-6-25-7-5-24)23-17(22-15)12-2-1-3-14(21)13(12)10-20/h1-3,8,10,20H,4-7,9,19,21H2. The van der Waals surface area contributed by atoms with Crippen LogP contribution < -0.4 is 16.4 Å². The summed E-state index contributed by atoms with van der Waals surface area (Å²) >= 11 is 1.63. The van der Waals surface area contributed by atoms with E-state index in [2.05, 4.69) is 4.90 Å². The van der Waals surface area contributed by atoms with E-state index < -0.39 is 0 Å². The van der Waals surface area contributed by atoms with Crippen molar-refractivity contribution < 1.29 is 4.74 Å². The number of benzene rings is 1. The van der Waals surface area contributed by atoms with Gasteiger partial charge in [-0.05, 0) is 12.1 Å². The van der Waals surface area contributed by atoms with Crippen LogP contribution in [0, 0.1) is 5.41 Å². The van der Waals surface area contributed by atoms with Crippen molar-refractivity contribution in [1.29, 1.82) is 5.41 Å². The monoisotopic (exact) mass is 368 g/mol. The lowest BCUT2D eigenvalue weighted by atomic mass is 10.1. The van der Waals surface area contributed by atoms with E-state index in [1.165, 1.54) is 6.21 Å². The zero-order valence-corrected chi connectivity index (χ0v) is 15.1. The summed E-state index contributed by atoms with van der Waals surface area (Å²) in [6, 6.07) is 7.56. The first-order chi connectivity index (χ1) is 12.7. The molecule has 1 aliphatic rings. The number of morpholine rings is 1. The van der Waals surface area contributed by atoms with Crippen molar-refractivity contribution >= 4 is 39.3 Å². The maximum absolute atomic E-state index is 7.72. The van der Waals surface area contributed by atoms with Crippen molar-refractivity contribution in [2.24, 2.45) is 5.73 Å². The largest absolute Gasteiger partial charge is 0.398 e. The molecule has 5 N–H and O–H groups in total. The predicted molar refractivity (Wildman–Crippen MR) is 106 cm³/mol. The lowest BCUT2D eigenvalue weighted by Gasteiger charge is -2.28. The molecule has 0 atom stereocenters. The number of nitrogens with zero attached hydrogens (tertiary/aromatic N) is 3. The summed E-state index contributed by atoms with van der Waals surface area (Å²) in [4.78, 5) is 12.9. The van der Waals surface area contributed by atoms with Gasteiger partial charge in [0.25, 0.3) is 0 Å². The van der Waals surface area contributed by atoms with Gasteiger partial charge in [0.15, 0.2) is 11.6 Å². The number of ether oxygens (including phenoxy) is 1. The molecule has 0 bridgehead atoms. The number of anilines is 2. The fourth-order valence-corrected chi connectivity index (χ4v) is 4.11. The Morgan fingerprint density at radius 3 is 2.81 bits per heavy atom. The summed E-state index contributed by atoms with van der Waals surface area (Å²) in [5.41, 5.74) is 14.7. The molecule has 1 fully saturated rings. The zero-order chi connectivity index (χ0) is 18.1. The van der Waals surface area contributed by atoms with Crippen LogP contribution in [0.3, 0.4) is 0 Å². The third kappa shape index (κ3) is 2.92. The van der Waals surface area contributed by atoms with E-state index in [1.807, 2.05) is 18.2 Å². The summed E-state index contributed by atoms with van der Waals surface area (Å²) in [5.74, 6) is 1.47. The number of nitrogen functional groups attached to an aromatic ring is 1. The molecule has 0 aliphatic carbocycles. The molecule has 1 aliphatic heterocycles. The van der Waals surface area contributed by atoms with E-state index in [0.717, 1.165) is 39.6 Å². The van der Waals surface area contributed by atoms with E-state index in [4.69, 9.17) is 31.6 Å². The molecule has 8 heteroatoms. The molecular formula is C18H20N6OS. The van der Waals surface area contributed by atoms with Gasteiger partial charge in [-0.25, -0.2) is 9.97 Å². The third-order valence-corrected chi connectivity index (χ3v) is 5.58. The zero-order valence-electron chi connectivity index (χ0n) is 14.2. The molecule has 7 nitrogen and oxygen atoms in total. The lowest BCUT2D eigenvalue weighted by molar-refractivity contribution is 0.122. The molecular weight excluding hydrogens is 348 g/mol. The van der Waals surface area contributed by atoms with E-state index in [-0.39, 0.29) is 0 Å². The highest BCUT2D eigenvalue weighted by Crippen LogP contribution is 2.35. The molecule has 134 valence electrons. The number of aromatic nitrogens is 2. The molecule has 0 saturated carbocycles. The minimum Gasteiger partial charge on any atom is -0.398 e. The second-order valence-corrected chi connectivity index (χ2v) is 7.19. The Balaban J connectivity index is 1.93. The average molecular weight is 368 g/mol. The van der Waals surface area contributed by atoms with Crippen LogP contribution in [0.25, 0.3) is 21.6 Å². The molecule has 3 heterocycles. The molecule has 26 heavy (non-hydrogen) atoms. The number of rotatable bonds is 4. The van der Waals surface area contributed by atoms with Crippen molar-refractivity contribution in [2.45, 2.75) is 6.54 Å². The molecule has 1 aromatic carbocycles. The van der Waals surface area contributed by atoms with E-state index >= 15 is 0 Å². The fraction of sp³-hybridized carbons (Fsp3) is 0.278. The van der Waals surface area contributed by atoms with Crippen LogP contribution in [0.1, 0.15) is 10.4 Å². The first-order valence-electron chi connectivity index (χ1n) is 8.44. The van der Waals surface area contributed by atoms with Crippen molar-refractivity contribution in [2.75, 3.05) is 36.9 Å². The van der Waals surface area contributed by atoms with Crippen molar-refractivity contribution in [3.8, 4) is 11.4 Å². The second kappa shape index (κ2) is 6.99. The van der Waals surface area contributed by atoms with Crippen LogP contribution in [0.15, 0.2) is 24.3 Å². The Kier molecular flexibility index (Phi) is 4.54. The highest BCUT2D eigenvalue weighted by Gasteiger charge is 2.21. The number of fused-ring (bicyclic) bond motifs is 1. The third-order valence-electron chi connectivity index (χ3n) is 4.44. The fourth-order valence-electron chi connectivity index (χ4n) is 3.11. The van der Waals surface area contributed by atoms with Crippen LogP contribution in [0.2, 0.25) is 0 Å². The molecule has 4 rings (SSSR count). The maximum Gasteiger partial charge on any atom is 0.162 e. The Labute approximate surface area is 155 Å². The van der Waals surface area contributed by atoms with Gasteiger partial charge in [0, 0.05) is 47.5 Å². The lowest BCUT2D eigenvalue weighted by Crippen LogP contribution is -2.36. The summed E-state index contributed by atoms with van der Waals surface area (Å²) in [6.07, 6.45) is 1.26. The van der Waals surface area contributed by atoms with E-state index in [9.17, 15) is 0 Å². The summed E-state index contributed by atoms with van der Waals surface area (Å²) in [6.45, 7) is 3.41. The molecule has 0 amide bonds. The number of thiophene rings is 1. The number of hydrogen-bond donors (Lipinski definition) is 3. The number of nitrogens with one attached hydrogen (secondary N) is 1. The Hall–Kier alpha value is -2.55.